The fourth-order valence-corrected chi connectivity index (χ4v) is 1.62. The molecule has 0 heterocycles. The van der Waals surface area contributed by atoms with Crippen LogP contribution in [0, 0.1) is 0 Å². The number of carbonyl (C=O) groups is 1. The van der Waals surface area contributed by atoms with Crippen LogP contribution in [0.2, 0.25) is 0 Å². The van der Waals surface area contributed by atoms with Crippen molar-refractivity contribution in [2.45, 2.75) is 0 Å². The number of hydrogen-bond donors (Lipinski definition) is 0. The summed E-state index contributed by atoms with van der Waals surface area (Å²) in [4.78, 5) is 15.0. The SMILES string of the molecule is O.O=C([O-])c1ccccc1N=C1C=CC=CC1=C([O-])[O-].[Zn+2]. The van der Waals surface area contributed by atoms with E-state index in [1.54, 1.807) is 12.1 Å². The normalized spacial score (nSPS) is 14.3. The van der Waals surface area contributed by atoms with E-state index in [0.717, 1.165) is 0 Å². The van der Waals surface area contributed by atoms with Crippen LogP contribution >= 0.6 is 0 Å². The molecule has 104 valence electrons. The molecular weight excluding hydrogens is 328 g/mol. The zero-order valence-electron chi connectivity index (χ0n) is 10.9. The number of allylic oxidation sites excluding steroid dienone is 5. The van der Waals surface area contributed by atoms with Crippen LogP contribution in [0.3, 0.4) is 0 Å². The number of hydrogen-bond acceptors (Lipinski definition) is 5. The van der Waals surface area contributed by atoms with Gasteiger partial charge in [-0.15, -0.1) is 0 Å². The van der Waals surface area contributed by atoms with Crippen LogP contribution in [0.5, 0.6) is 0 Å². The molecule has 2 rings (SSSR count). The Morgan fingerprint density at radius 2 is 1.62 bits per heavy atom. The van der Waals surface area contributed by atoms with Gasteiger partial charge >= 0.3 is 19.5 Å². The minimum absolute atomic E-state index is 0. The van der Waals surface area contributed by atoms with Gasteiger partial charge in [-0.2, -0.15) is 5.95 Å². The Hall–Kier alpha value is -2.24. The molecule has 7 heteroatoms. The largest absolute Gasteiger partial charge is 2.00 e. The van der Waals surface area contributed by atoms with Crippen LogP contribution in [0.1, 0.15) is 10.4 Å². The van der Waals surface area contributed by atoms with Gasteiger partial charge < -0.3 is 25.6 Å². The quantitative estimate of drug-likeness (QED) is 0.473. The monoisotopic (exact) mass is 336 g/mol. The maximum absolute atomic E-state index is 10.9. The molecule has 1 aliphatic carbocycles. The molecule has 1 aromatic carbocycles. The number of carboxylic acid groups (broad SMARTS) is 1. The molecule has 0 bridgehead atoms. The Morgan fingerprint density at radius 1 is 1.00 bits per heavy atom. The molecule has 6 nitrogen and oxygen atoms in total. The van der Waals surface area contributed by atoms with Gasteiger partial charge in [-0.05, 0) is 17.7 Å². The van der Waals surface area contributed by atoms with E-state index in [2.05, 4.69) is 4.99 Å². The summed E-state index contributed by atoms with van der Waals surface area (Å²) < 4.78 is 0. The topological polar surface area (TPSA) is 130 Å². The third-order valence-corrected chi connectivity index (χ3v) is 2.49. The van der Waals surface area contributed by atoms with E-state index < -0.39 is 11.9 Å². The van der Waals surface area contributed by atoms with E-state index >= 15 is 0 Å². The summed E-state index contributed by atoms with van der Waals surface area (Å²) >= 11 is 0. The molecule has 1 aromatic rings. The number of carboxylic acids is 1. The molecule has 0 unspecified atom stereocenters. The van der Waals surface area contributed by atoms with Crippen LogP contribution in [-0.4, -0.2) is 17.2 Å². The second-order valence-electron chi connectivity index (χ2n) is 3.72. The summed E-state index contributed by atoms with van der Waals surface area (Å²) in [5.41, 5.74) is 0.0682. The molecule has 0 fully saturated rings. The molecule has 0 radical (unpaired) electrons. The van der Waals surface area contributed by atoms with E-state index in [-0.39, 0.29) is 47.5 Å². The second-order valence-corrected chi connectivity index (χ2v) is 3.72. The van der Waals surface area contributed by atoms with Crippen molar-refractivity contribution in [1.82, 2.24) is 0 Å². The first kappa shape index (κ1) is 18.8. The minimum Gasteiger partial charge on any atom is -0.883 e. The van der Waals surface area contributed by atoms with Crippen molar-refractivity contribution >= 4 is 17.4 Å². The van der Waals surface area contributed by atoms with Gasteiger partial charge in [0.05, 0.1) is 17.4 Å². The number of aliphatic imine (C=N–C) groups is 1. The molecule has 0 saturated heterocycles. The number of para-hydroxylation sites is 1. The smallest absolute Gasteiger partial charge is 0.883 e. The van der Waals surface area contributed by atoms with Crippen LogP contribution < -0.4 is 15.3 Å². The predicted octanol–water partition coefficient (Wildman–Crippen LogP) is -1.65. The van der Waals surface area contributed by atoms with Crippen LogP contribution in [0.4, 0.5) is 5.69 Å². The van der Waals surface area contributed by atoms with Gasteiger partial charge in [-0.3, -0.25) is 0 Å². The molecule has 0 saturated carbocycles. The van der Waals surface area contributed by atoms with Gasteiger partial charge in [0, 0.05) is 5.56 Å². The maximum Gasteiger partial charge on any atom is 2.00 e. The van der Waals surface area contributed by atoms with Crippen molar-refractivity contribution in [3.8, 4) is 0 Å². The summed E-state index contributed by atoms with van der Waals surface area (Å²) in [6.07, 6.45) is 5.95. The van der Waals surface area contributed by atoms with Crippen LogP contribution in [0.25, 0.3) is 0 Å². The van der Waals surface area contributed by atoms with Crippen molar-refractivity contribution in [2.24, 2.45) is 4.99 Å². The summed E-state index contributed by atoms with van der Waals surface area (Å²) in [6.45, 7) is 0. The Balaban J connectivity index is 0.00000200. The summed E-state index contributed by atoms with van der Waals surface area (Å²) in [5, 5.41) is 32.8. The molecule has 0 atom stereocenters. The molecule has 1 aliphatic rings. The van der Waals surface area contributed by atoms with Gasteiger partial charge in [0.15, 0.2) is 0 Å². The fourth-order valence-electron chi connectivity index (χ4n) is 1.62. The number of nitrogens with zero attached hydrogens (tertiary/aromatic N) is 1. The number of benzene rings is 1. The average molecular weight is 338 g/mol. The number of aromatic carboxylic acids is 1. The molecule has 0 spiro atoms. The minimum atomic E-state index is -1.37. The molecule has 21 heavy (non-hydrogen) atoms. The first-order chi connectivity index (χ1) is 9.09. The van der Waals surface area contributed by atoms with Crippen molar-refractivity contribution in [3.63, 3.8) is 0 Å². The molecule has 0 amide bonds. The summed E-state index contributed by atoms with van der Waals surface area (Å²) in [6, 6.07) is 5.95. The van der Waals surface area contributed by atoms with Crippen molar-refractivity contribution in [3.05, 3.63) is 65.7 Å². The standard InChI is InChI=1S/C14H11NO4.H2O.Zn/c16-13(17)9-5-1-3-7-11(9)15-12-8-4-2-6-10(12)14(18)19;;/h1-8,16-17H,(H,18,19);1H2;/q;;+2/p-3. The van der Waals surface area contributed by atoms with Gasteiger partial charge in [0.1, 0.15) is 0 Å². The van der Waals surface area contributed by atoms with E-state index in [1.165, 1.54) is 36.4 Å². The van der Waals surface area contributed by atoms with Gasteiger partial charge in [0.25, 0.3) is 0 Å². The van der Waals surface area contributed by atoms with Gasteiger partial charge in [-0.1, -0.05) is 36.4 Å². The Labute approximate surface area is 133 Å². The van der Waals surface area contributed by atoms with E-state index in [1.807, 2.05) is 0 Å². The Morgan fingerprint density at radius 3 is 2.24 bits per heavy atom. The number of carbonyl (C=O) groups excluding carboxylic acids is 1. The Bertz CT molecular complexity index is 643. The predicted molar refractivity (Wildman–Crippen MR) is 66.8 cm³/mol. The fraction of sp³-hybridized carbons (Fsp3) is 0. The summed E-state index contributed by atoms with van der Waals surface area (Å²) in [7, 11) is 0. The Kier molecular flexibility index (Phi) is 7.27. The van der Waals surface area contributed by atoms with E-state index in [9.17, 15) is 20.1 Å². The second kappa shape index (κ2) is 8.14. The van der Waals surface area contributed by atoms with Crippen LogP contribution in [0.15, 0.2) is 65.1 Å². The first-order valence-corrected chi connectivity index (χ1v) is 5.42. The van der Waals surface area contributed by atoms with Gasteiger partial charge in [-0.25, -0.2) is 4.99 Å². The molecule has 2 N–H and O–H groups in total. The maximum atomic E-state index is 10.9. The number of rotatable bonds is 2. The zero-order chi connectivity index (χ0) is 13.8. The first-order valence-electron chi connectivity index (χ1n) is 5.42. The molecule has 0 aromatic heterocycles. The van der Waals surface area contributed by atoms with Gasteiger partial charge in [0.2, 0.25) is 0 Å². The van der Waals surface area contributed by atoms with Crippen molar-refractivity contribution in [1.29, 1.82) is 0 Å². The third kappa shape index (κ3) is 4.37. The molecular formula is C14H10NO5Zn-. The van der Waals surface area contributed by atoms with Crippen molar-refractivity contribution in [2.75, 3.05) is 0 Å². The average Bonchev–Trinajstić information content (AvgIpc) is 2.39. The van der Waals surface area contributed by atoms with E-state index in [0.29, 0.717) is 0 Å². The summed E-state index contributed by atoms with van der Waals surface area (Å²) in [5.74, 6) is -2.74. The third-order valence-electron chi connectivity index (χ3n) is 2.49. The zero-order valence-corrected chi connectivity index (χ0v) is 13.9. The van der Waals surface area contributed by atoms with Crippen molar-refractivity contribution < 1.29 is 45.1 Å². The van der Waals surface area contributed by atoms with Crippen LogP contribution in [-0.2, 0) is 19.5 Å². The molecule has 0 aliphatic heterocycles. The van der Waals surface area contributed by atoms with E-state index in [4.69, 9.17) is 0 Å².